The second-order valence-electron chi connectivity index (χ2n) is 3.49. The van der Waals surface area contributed by atoms with Crippen molar-refractivity contribution in [3.05, 3.63) is 21.7 Å². The monoisotopic (exact) mass is 256 g/mol. The van der Waals surface area contributed by atoms with Crippen LogP contribution in [0.15, 0.2) is 21.7 Å². The van der Waals surface area contributed by atoms with Crippen LogP contribution in [0.3, 0.4) is 0 Å². The van der Waals surface area contributed by atoms with Gasteiger partial charge >= 0.3 is 0 Å². The summed E-state index contributed by atoms with van der Waals surface area (Å²) in [5, 5.41) is 9.63. The summed E-state index contributed by atoms with van der Waals surface area (Å²) in [5.74, 6) is -0.392. The quantitative estimate of drug-likeness (QED) is 0.664. The normalized spacial score (nSPS) is 27.6. The minimum absolute atomic E-state index is 0.148. The first-order valence-corrected chi connectivity index (χ1v) is 5.28. The highest BCUT2D eigenvalue weighted by molar-refractivity contribution is 9.12. The van der Waals surface area contributed by atoms with Crippen LogP contribution in [0.1, 0.15) is 19.3 Å². The Kier molecular flexibility index (Phi) is 2.41. The average molecular weight is 257 g/mol. The largest absolute Gasteiger partial charge is 0.388 e. The highest BCUT2D eigenvalue weighted by Gasteiger charge is 2.33. The summed E-state index contributed by atoms with van der Waals surface area (Å²) in [7, 11) is 0. The summed E-state index contributed by atoms with van der Waals surface area (Å²) in [4.78, 5) is 23.1. The molecule has 0 fully saturated rings. The predicted molar refractivity (Wildman–Crippen MR) is 53.9 cm³/mol. The molecule has 0 radical (unpaired) electrons. The summed E-state index contributed by atoms with van der Waals surface area (Å²) in [6.45, 7) is 0. The molecule has 14 heavy (non-hydrogen) atoms. The van der Waals surface area contributed by atoms with E-state index >= 15 is 0 Å². The molecule has 0 saturated carbocycles. The zero-order valence-electron chi connectivity index (χ0n) is 7.42. The maximum Gasteiger partial charge on any atom is 0.199 e. The van der Waals surface area contributed by atoms with Gasteiger partial charge < -0.3 is 5.11 Å². The lowest BCUT2D eigenvalue weighted by Crippen LogP contribution is -2.29. The molecular weight excluding hydrogens is 248 g/mol. The molecular formula is C10H9BrO3. The Morgan fingerprint density at radius 3 is 2.86 bits per heavy atom. The number of ketones is 2. The number of carbonyl (C=O) groups excluding carboxylic acids is 2. The van der Waals surface area contributed by atoms with Crippen LogP contribution in [0.25, 0.3) is 0 Å². The van der Waals surface area contributed by atoms with E-state index in [9.17, 15) is 14.7 Å². The Hall–Kier alpha value is -0.740. The van der Waals surface area contributed by atoms with E-state index < -0.39 is 6.10 Å². The van der Waals surface area contributed by atoms with E-state index in [-0.39, 0.29) is 16.0 Å². The molecule has 0 aliphatic heterocycles. The van der Waals surface area contributed by atoms with Gasteiger partial charge in [-0.1, -0.05) is 0 Å². The van der Waals surface area contributed by atoms with Gasteiger partial charge in [-0.2, -0.15) is 0 Å². The first kappa shape index (κ1) is 9.80. The molecule has 0 amide bonds. The maximum atomic E-state index is 11.6. The minimum Gasteiger partial charge on any atom is -0.388 e. The number of rotatable bonds is 0. The van der Waals surface area contributed by atoms with Crippen LogP contribution in [-0.4, -0.2) is 22.8 Å². The second-order valence-corrected chi connectivity index (χ2v) is 4.34. The summed E-state index contributed by atoms with van der Waals surface area (Å²) in [6, 6.07) is 0. The summed E-state index contributed by atoms with van der Waals surface area (Å²) in [5.41, 5.74) is 0.799. The highest BCUT2D eigenvalue weighted by atomic mass is 79.9. The molecule has 1 atom stereocenters. The molecule has 0 aromatic carbocycles. The van der Waals surface area contributed by atoms with E-state index in [4.69, 9.17) is 0 Å². The van der Waals surface area contributed by atoms with E-state index in [0.29, 0.717) is 24.0 Å². The van der Waals surface area contributed by atoms with Gasteiger partial charge in [0.15, 0.2) is 11.6 Å². The molecule has 2 aliphatic rings. The number of hydrogen-bond donors (Lipinski definition) is 1. The van der Waals surface area contributed by atoms with E-state index in [1.165, 1.54) is 6.08 Å². The van der Waals surface area contributed by atoms with E-state index in [0.717, 1.165) is 6.42 Å². The van der Waals surface area contributed by atoms with Gasteiger partial charge in [-0.3, -0.25) is 9.59 Å². The number of halogens is 1. The first-order valence-electron chi connectivity index (χ1n) is 4.48. The zero-order valence-corrected chi connectivity index (χ0v) is 9.00. The highest BCUT2D eigenvalue weighted by Crippen LogP contribution is 2.33. The van der Waals surface area contributed by atoms with Gasteiger partial charge in [-0.25, -0.2) is 0 Å². The Morgan fingerprint density at radius 2 is 2.14 bits per heavy atom. The van der Waals surface area contributed by atoms with Crippen LogP contribution >= 0.6 is 15.9 Å². The van der Waals surface area contributed by atoms with Gasteiger partial charge in [-0.05, 0) is 35.2 Å². The Bertz CT molecular complexity index is 379. The maximum absolute atomic E-state index is 11.6. The molecule has 1 unspecified atom stereocenters. The number of Topliss-reactive ketones (excluding diaryl/α,β-unsaturated/α-hetero) is 1. The Morgan fingerprint density at radius 1 is 1.43 bits per heavy atom. The van der Waals surface area contributed by atoms with Crippen LogP contribution in [0, 0.1) is 0 Å². The first-order chi connectivity index (χ1) is 6.61. The third-order valence-corrected chi connectivity index (χ3v) is 3.17. The number of carbonyl (C=O) groups is 2. The summed E-state index contributed by atoms with van der Waals surface area (Å²) in [6.07, 6.45) is 2.46. The van der Waals surface area contributed by atoms with Gasteiger partial charge in [0.05, 0.1) is 10.6 Å². The average Bonchev–Trinajstić information content (AvgIpc) is 2.14. The van der Waals surface area contributed by atoms with Crippen LogP contribution in [-0.2, 0) is 9.59 Å². The van der Waals surface area contributed by atoms with Crippen LogP contribution in [0.5, 0.6) is 0 Å². The van der Waals surface area contributed by atoms with Crippen LogP contribution < -0.4 is 0 Å². The van der Waals surface area contributed by atoms with Crippen molar-refractivity contribution in [2.24, 2.45) is 0 Å². The topological polar surface area (TPSA) is 54.4 Å². The van der Waals surface area contributed by atoms with Crippen molar-refractivity contribution < 1.29 is 14.7 Å². The molecule has 2 aliphatic carbocycles. The molecule has 0 heterocycles. The number of aliphatic hydroxyl groups is 1. The van der Waals surface area contributed by atoms with Crippen LogP contribution in [0.2, 0.25) is 0 Å². The molecule has 74 valence electrons. The summed E-state index contributed by atoms with van der Waals surface area (Å²) < 4.78 is 0.252. The lowest BCUT2D eigenvalue weighted by molar-refractivity contribution is -0.116. The van der Waals surface area contributed by atoms with Gasteiger partial charge in [-0.15, -0.1) is 0 Å². The van der Waals surface area contributed by atoms with Crippen molar-refractivity contribution in [3.63, 3.8) is 0 Å². The molecule has 2 rings (SSSR count). The van der Waals surface area contributed by atoms with Crippen molar-refractivity contribution in [2.45, 2.75) is 25.4 Å². The number of hydrogen-bond acceptors (Lipinski definition) is 3. The fraction of sp³-hybridized carbons (Fsp3) is 0.400. The van der Waals surface area contributed by atoms with E-state index in [2.05, 4.69) is 15.9 Å². The van der Waals surface area contributed by atoms with Crippen molar-refractivity contribution >= 4 is 27.5 Å². The smallest absolute Gasteiger partial charge is 0.199 e. The Labute approximate surface area is 89.6 Å². The second kappa shape index (κ2) is 3.44. The molecule has 0 bridgehead atoms. The Balaban J connectivity index is 2.50. The van der Waals surface area contributed by atoms with Crippen molar-refractivity contribution in [2.75, 3.05) is 0 Å². The molecule has 1 N–H and O–H groups in total. The lowest BCUT2D eigenvalue weighted by Gasteiger charge is -2.25. The number of allylic oxidation sites excluding steroid dienone is 3. The van der Waals surface area contributed by atoms with E-state index in [1.807, 2.05) is 0 Å². The third-order valence-electron chi connectivity index (χ3n) is 2.58. The minimum atomic E-state index is -0.767. The fourth-order valence-electron chi connectivity index (χ4n) is 1.89. The van der Waals surface area contributed by atoms with Gasteiger partial charge in [0.25, 0.3) is 0 Å². The molecule has 0 spiro atoms. The van der Waals surface area contributed by atoms with E-state index in [1.54, 1.807) is 0 Å². The van der Waals surface area contributed by atoms with Crippen molar-refractivity contribution in [3.8, 4) is 0 Å². The van der Waals surface area contributed by atoms with Gasteiger partial charge in [0.2, 0.25) is 0 Å². The van der Waals surface area contributed by atoms with Crippen molar-refractivity contribution in [1.82, 2.24) is 0 Å². The molecule has 4 heteroatoms. The third kappa shape index (κ3) is 1.38. The molecule has 3 nitrogen and oxygen atoms in total. The standard InChI is InChI=1S/C10H9BrO3/c11-6-4-8(13)5-2-1-3-7(12)9(5)10(6)14/h4,7,12H,1-3H2. The van der Waals surface area contributed by atoms with Gasteiger partial charge in [0, 0.05) is 17.2 Å². The predicted octanol–water partition coefficient (Wildman–Crippen LogP) is 1.26. The molecule has 0 aromatic rings. The SMILES string of the molecule is O=C1C=C(Br)C(=O)C2=C1CCCC2O. The molecule has 0 saturated heterocycles. The zero-order chi connectivity index (χ0) is 10.3. The van der Waals surface area contributed by atoms with Crippen molar-refractivity contribution in [1.29, 1.82) is 0 Å². The number of aliphatic hydroxyl groups excluding tert-OH is 1. The molecule has 0 aromatic heterocycles. The lowest BCUT2D eigenvalue weighted by atomic mass is 9.82. The van der Waals surface area contributed by atoms with Crippen LogP contribution in [0.4, 0.5) is 0 Å². The summed E-state index contributed by atoms with van der Waals surface area (Å²) >= 11 is 3.03. The van der Waals surface area contributed by atoms with Gasteiger partial charge in [0.1, 0.15) is 0 Å². The fourth-order valence-corrected chi connectivity index (χ4v) is 2.31.